The van der Waals surface area contributed by atoms with Gasteiger partial charge in [0.1, 0.15) is 0 Å². The summed E-state index contributed by atoms with van der Waals surface area (Å²) in [4.78, 5) is 11.9. The van der Waals surface area contributed by atoms with E-state index >= 15 is 0 Å². The lowest BCUT2D eigenvalue weighted by Crippen LogP contribution is -2.15. The molecule has 2 rings (SSSR count). The topological polar surface area (TPSA) is 26.3 Å². The van der Waals surface area contributed by atoms with Crippen molar-refractivity contribution >= 4 is 5.78 Å². The number of rotatable bonds is 3. The molecule has 0 spiro atoms. The Hall–Kier alpha value is -0.790. The molecule has 0 aromatic heterocycles. The van der Waals surface area contributed by atoms with Crippen molar-refractivity contribution in [1.82, 2.24) is 0 Å². The number of hydrogen-bond donors (Lipinski definition) is 0. The average Bonchev–Trinajstić information content (AvgIpc) is 2.31. The monoisotopic (exact) mass is 208 g/mol. The Balaban J connectivity index is 1.82. The van der Waals surface area contributed by atoms with Crippen LogP contribution in [0.3, 0.4) is 0 Å². The Morgan fingerprint density at radius 2 is 2.07 bits per heavy atom. The first-order valence-corrected chi connectivity index (χ1v) is 6.20. The lowest BCUT2D eigenvalue weighted by molar-refractivity contribution is -0.117. The highest BCUT2D eigenvalue weighted by molar-refractivity contribution is 5.95. The third-order valence-corrected chi connectivity index (χ3v) is 3.49. The van der Waals surface area contributed by atoms with Gasteiger partial charge in [0.15, 0.2) is 5.78 Å². The van der Waals surface area contributed by atoms with Crippen molar-refractivity contribution in [2.75, 3.05) is 6.61 Å². The van der Waals surface area contributed by atoms with Crippen molar-refractivity contribution in [2.45, 2.75) is 51.4 Å². The molecule has 0 N–H and O–H groups in total. The van der Waals surface area contributed by atoms with Gasteiger partial charge < -0.3 is 4.74 Å². The molecule has 0 unspecified atom stereocenters. The first kappa shape index (κ1) is 10.7. The molecule has 1 aliphatic heterocycles. The van der Waals surface area contributed by atoms with E-state index in [2.05, 4.69) is 0 Å². The van der Waals surface area contributed by atoms with Crippen LogP contribution in [0.15, 0.2) is 11.8 Å². The summed E-state index contributed by atoms with van der Waals surface area (Å²) in [5, 5.41) is 0. The second-order valence-electron chi connectivity index (χ2n) is 4.75. The molecule has 1 saturated carbocycles. The molecule has 1 aliphatic carbocycles. The minimum absolute atomic E-state index is 0.335. The largest absolute Gasteiger partial charge is 0.501 e. The first-order valence-electron chi connectivity index (χ1n) is 6.20. The summed E-state index contributed by atoms with van der Waals surface area (Å²) in [7, 11) is 0. The number of carbonyl (C=O) groups is 1. The highest BCUT2D eigenvalue weighted by Gasteiger charge is 2.20. The van der Waals surface area contributed by atoms with Crippen LogP contribution in [0.1, 0.15) is 51.4 Å². The van der Waals surface area contributed by atoms with E-state index in [0.717, 1.165) is 31.4 Å². The zero-order valence-electron chi connectivity index (χ0n) is 9.34. The van der Waals surface area contributed by atoms with E-state index in [1.54, 1.807) is 6.26 Å². The van der Waals surface area contributed by atoms with Crippen LogP contribution in [-0.2, 0) is 9.53 Å². The van der Waals surface area contributed by atoms with Crippen LogP contribution in [-0.4, -0.2) is 12.4 Å². The number of ketones is 1. The minimum Gasteiger partial charge on any atom is -0.501 e. The summed E-state index contributed by atoms with van der Waals surface area (Å²) >= 11 is 0. The molecule has 0 aromatic carbocycles. The molecule has 15 heavy (non-hydrogen) atoms. The van der Waals surface area contributed by atoms with E-state index in [1.165, 1.54) is 32.1 Å². The maximum absolute atomic E-state index is 11.9. The normalized spacial score (nSPS) is 23.1. The predicted molar refractivity (Wildman–Crippen MR) is 59.5 cm³/mol. The second-order valence-corrected chi connectivity index (χ2v) is 4.75. The van der Waals surface area contributed by atoms with Gasteiger partial charge in [0, 0.05) is 12.0 Å². The molecule has 2 aliphatic rings. The van der Waals surface area contributed by atoms with Gasteiger partial charge in [-0.2, -0.15) is 0 Å². The molecule has 2 heteroatoms. The predicted octanol–water partition coefficient (Wildman–Crippen LogP) is 3.22. The van der Waals surface area contributed by atoms with Crippen molar-refractivity contribution in [3.05, 3.63) is 11.8 Å². The number of Topliss-reactive ketones (excluding diaryl/α,β-unsaturated/α-hetero) is 1. The molecule has 0 bridgehead atoms. The quantitative estimate of drug-likeness (QED) is 0.711. The minimum atomic E-state index is 0.335. The smallest absolute Gasteiger partial charge is 0.162 e. The Morgan fingerprint density at radius 3 is 2.73 bits per heavy atom. The van der Waals surface area contributed by atoms with Gasteiger partial charge in [-0.05, 0) is 18.8 Å². The molecule has 0 radical (unpaired) electrons. The fourth-order valence-electron chi connectivity index (χ4n) is 2.55. The first-order chi connectivity index (χ1) is 7.36. The lowest BCUT2D eigenvalue weighted by Gasteiger charge is -2.21. The molecule has 1 heterocycles. The summed E-state index contributed by atoms with van der Waals surface area (Å²) in [5.74, 6) is 0.982. The molecule has 0 atom stereocenters. The molecule has 0 saturated heterocycles. The van der Waals surface area contributed by atoms with E-state index in [9.17, 15) is 4.79 Å². The molecule has 84 valence electrons. The Morgan fingerprint density at radius 1 is 1.27 bits per heavy atom. The summed E-state index contributed by atoms with van der Waals surface area (Å²) in [6, 6.07) is 0. The maximum Gasteiger partial charge on any atom is 0.162 e. The van der Waals surface area contributed by atoms with Crippen molar-refractivity contribution in [1.29, 1.82) is 0 Å². The van der Waals surface area contributed by atoms with Crippen LogP contribution in [0.5, 0.6) is 0 Å². The van der Waals surface area contributed by atoms with E-state index in [-0.39, 0.29) is 0 Å². The molecule has 0 aromatic rings. The van der Waals surface area contributed by atoms with Crippen LogP contribution in [0.4, 0.5) is 0 Å². The summed E-state index contributed by atoms with van der Waals surface area (Å²) in [6.07, 6.45) is 10.9. The van der Waals surface area contributed by atoms with Gasteiger partial charge >= 0.3 is 0 Å². The Bertz CT molecular complexity index is 249. The van der Waals surface area contributed by atoms with E-state index in [0.29, 0.717) is 11.7 Å². The van der Waals surface area contributed by atoms with Crippen molar-refractivity contribution < 1.29 is 9.53 Å². The second kappa shape index (κ2) is 5.34. The van der Waals surface area contributed by atoms with Crippen LogP contribution < -0.4 is 0 Å². The van der Waals surface area contributed by atoms with Gasteiger partial charge in [0.25, 0.3) is 0 Å². The van der Waals surface area contributed by atoms with Crippen LogP contribution in [0, 0.1) is 5.92 Å². The highest BCUT2D eigenvalue weighted by Crippen LogP contribution is 2.28. The van der Waals surface area contributed by atoms with E-state index in [4.69, 9.17) is 4.74 Å². The van der Waals surface area contributed by atoms with Crippen molar-refractivity contribution in [2.24, 2.45) is 5.92 Å². The van der Waals surface area contributed by atoms with Crippen molar-refractivity contribution in [3.63, 3.8) is 0 Å². The molecule has 0 amide bonds. The van der Waals surface area contributed by atoms with Crippen LogP contribution in [0.2, 0.25) is 0 Å². The van der Waals surface area contributed by atoms with Gasteiger partial charge in [-0.15, -0.1) is 0 Å². The lowest BCUT2D eigenvalue weighted by atomic mass is 9.84. The van der Waals surface area contributed by atoms with Crippen molar-refractivity contribution in [3.8, 4) is 0 Å². The zero-order chi connectivity index (χ0) is 10.5. The zero-order valence-corrected chi connectivity index (χ0v) is 9.34. The van der Waals surface area contributed by atoms with Gasteiger partial charge in [-0.3, -0.25) is 4.79 Å². The number of allylic oxidation sites excluding steroid dienone is 1. The summed E-state index contributed by atoms with van der Waals surface area (Å²) in [5.41, 5.74) is 0.923. The number of ether oxygens (including phenoxy) is 1. The molecular weight excluding hydrogens is 188 g/mol. The SMILES string of the molecule is O=C(CC1CCCCC1)C1=COCCC1. The van der Waals surface area contributed by atoms with Gasteiger partial charge in [0.2, 0.25) is 0 Å². The number of hydrogen-bond acceptors (Lipinski definition) is 2. The molecule has 1 fully saturated rings. The van der Waals surface area contributed by atoms with Crippen LogP contribution >= 0.6 is 0 Å². The van der Waals surface area contributed by atoms with E-state index in [1.807, 2.05) is 0 Å². The van der Waals surface area contributed by atoms with Gasteiger partial charge in [-0.25, -0.2) is 0 Å². The fourth-order valence-corrected chi connectivity index (χ4v) is 2.55. The highest BCUT2D eigenvalue weighted by atomic mass is 16.5. The Labute approximate surface area is 91.7 Å². The molecule has 2 nitrogen and oxygen atoms in total. The average molecular weight is 208 g/mol. The standard InChI is InChI=1S/C13H20O2/c14-13(12-7-4-8-15-10-12)9-11-5-2-1-3-6-11/h10-11H,1-9H2. The third kappa shape index (κ3) is 3.08. The summed E-state index contributed by atoms with van der Waals surface area (Å²) < 4.78 is 5.21. The van der Waals surface area contributed by atoms with E-state index < -0.39 is 0 Å². The maximum atomic E-state index is 11.9. The van der Waals surface area contributed by atoms with Gasteiger partial charge in [0.05, 0.1) is 12.9 Å². The Kier molecular flexibility index (Phi) is 3.81. The van der Waals surface area contributed by atoms with Crippen LogP contribution in [0.25, 0.3) is 0 Å². The third-order valence-electron chi connectivity index (χ3n) is 3.49. The fraction of sp³-hybridized carbons (Fsp3) is 0.769. The van der Waals surface area contributed by atoms with Gasteiger partial charge in [-0.1, -0.05) is 32.1 Å². The molecular formula is C13H20O2. The number of carbonyl (C=O) groups excluding carboxylic acids is 1. The summed E-state index contributed by atoms with van der Waals surface area (Å²) in [6.45, 7) is 0.778.